The van der Waals surface area contributed by atoms with Gasteiger partial charge >= 0.3 is 0 Å². The summed E-state index contributed by atoms with van der Waals surface area (Å²) in [6, 6.07) is 5.85. The fourth-order valence-electron chi connectivity index (χ4n) is 2.49. The molecule has 118 valence electrons. The molecule has 0 aliphatic heterocycles. The highest BCUT2D eigenvalue weighted by molar-refractivity contribution is 5.91. The second-order valence-corrected chi connectivity index (χ2v) is 5.30. The van der Waals surface area contributed by atoms with Crippen molar-refractivity contribution in [2.75, 3.05) is 18.9 Å². The molecule has 0 unspecified atom stereocenters. The summed E-state index contributed by atoms with van der Waals surface area (Å²) in [6.07, 6.45) is 6.53. The van der Waals surface area contributed by atoms with Crippen LogP contribution in [0.3, 0.4) is 0 Å². The van der Waals surface area contributed by atoms with Crippen LogP contribution in [0, 0.1) is 0 Å². The molecule has 0 radical (unpaired) electrons. The van der Waals surface area contributed by atoms with Gasteiger partial charge in [0.15, 0.2) is 0 Å². The van der Waals surface area contributed by atoms with Crippen LogP contribution in [0.1, 0.15) is 12.5 Å². The van der Waals surface area contributed by atoms with E-state index in [0.29, 0.717) is 5.82 Å². The van der Waals surface area contributed by atoms with Crippen LogP contribution >= 0.6 is 0 Å². The molecule has 1 amide bonds. The highest BCUT2D eigenvalue weighted by Gasteiger charge is 2.07. The number of H-pyrrole nitrogens is 1. The van der Waals surface area contributed by atoms with Gasteiger partial charge in [-0.2, -0.15) is 0 Å². The van der Waals surface area contributed by atoms with E-state index in [0.717, 1.165) is 28.6 Å². The van der Waals surface area contributed by atoms with Crippen molar-refractivity contribution < 1.29 is 4.79 Å². The molecule has 0 saturated heterocycles. The number of aromatic amines is 1. The van der Waals surface area contributed by atoms with Gasteiger partial charge in [-0.05, 0) is 37.2 Å². The third-order valence-corrected chi connectivity index (χ3v) is 3.70. The Kier molecular flexibility index (Phi) is 4.34. The molecule has 0 aliphatic carbocycles. The van der Waals surface area contributed by atoms with Gasteiger partial charge in [0, 0.05) is 35.1 Å². The van der Waals surface area contributed by atoms with Crippen LogP contribution in [0.25, 0.3) is 22.2 Å². The van der Waals surface area contributed by atoms with Gasteiger partial charge in [-0.15, -0.1) is 0 Å². The van der Waals surface area contributed by atoms with Crippen molar-refractivity contribution in [2.24, 2.45) is 0 Å². The number of nitrogens with one attached hydrogen (secondary N) is 3. The van der Waals surface area contributed by atoms with Gasteiger partial charge in [0.1, 0.15) is 11.5 Å². The minimum absolute atomic E-state index is 0.115. The number of hydrogen-bond acceptors (Lipinski definition) is 4. The summed E-state index contributed by atoms with van der Waals surface area (Å²) in [5.74, 6) is 0.426. The first-order valence-electron chi connectivity index (χ1n) is 7.58. The maximum atomic E-state index is 11.5. The number of carbonyl (C=O) groups is 1. The number of nitrogens with zero attached hydrogens (tertiary/aromatic N) is 2. The lowest BCUT2D eigenvalue weighted by Gasteiger charge is -2.06. The van der Waals surface area contributed by atoms with Crippen LogP contribution < -0.4 is 10.6 Å². The zero-order valence-corrected chi connectivity index (χ0v) is 13.2. The number of aryl methyl sites for hydroxylation is 1. The van der Waals surface area contributed by atoms with Gasteiger partial charge in [0.25, 0.3) is 0 Å². The fraction of sp³-hybridized carbons (Fsp3) is 0.235. The van der Waals surface area contributed by atoms with Crippen molar-refractivity contribution in [3.63, 3.8) is 0 Å². The van der Waals surface area contributed by atoms with Gasteiger partial charge in [0.2, 0.25) is 5.91 Å². The SMILES string of the molecule is CCc1c[nH]c2ncc(-c3ccc(NC(=O)CNC)nc3)cc12. The molecule has 0 fully saturated rings. The molecule has 0 saturated carbocycles. The zero-order valence-electron chi connectivity index (χ0n) is 13.2. The topological polar surface area (TPSA) is 82.7 Å². The van der Waals surface area contributed by atoms with Gasteiger partial charge < -0.3 is 15.6 Å². The molecule has 23 heavy (non-hydrogen) atoms. The third kappa shape index (κ3) is 3.22. The third-order valence-electron chi connectivity index (χ3n) is 3.70. The first kappa shape index (κ1) is 15.2. The van der Waals surface area contributed by atoms with Gasteiger partial charge in [0.05, 0.1) is 6.54 Å². The van der Waals surface area contributed by atoms with E-state index in [1.165, 1.54) is 5.56 Å². The fourth-order valence-corrected chi connectivity index (χ4v) is 2.49. The summed E-state index contributed by atoms with van der Waals surface area (Å²) in [5, 5.41) is 6.67. The minimum Gasteiger partial charge on any atom is -0.346 e. The lowest BCUT2D eigenvalue weighted by atomic mass is 10.1. The molecule has 6 nitrogen and oxygen atoms in total. The largest absolute Gasteiger partial charge is 0.346 e. The van der Waals surface area contributed by atoms with Crippen LogP contribution in [0.2, 0.25) is 0 Å². The molecule has 0 atom stereocenters. The maximum absolute atomic E-state index is 11.5. The molecular weight excluding hydrogens is 290 g/mol. The van der Waals surface area contributed by atoms with Crippen LogP contribution in [0.15, 0.2) is 36.8 Å². The van der Waals surface area contributed by atoms with Gasteiger partial charge in [-0.25, -0.2) is 9.97 Å². The van der Waals surface area contributed by atoms with E-state index >= 15 is 0 Å². The average molecular weight is 309 g/mol. The Bertz CT molecular complexity index is 823. The molecule has 3 rings (SSSR count). The van der Waals surface area contributed by atoms with E-state index in [-0.39, 0.29) is 12.5 Å². The molecule has 0 bridgehead atoms. The van der Waals surface area contributed by atoms with E-state index in [4.69, 9.17) is 0 Å². The van der Waals surface area contributed by atoms with Crippen molar-refractivity contribution in [1.82, 2.24) is 20.3 Å². The standard InChI is InChI=1S/C17H19N5O/c1-3-11-7-20-17-14(11)6-13(9-21-17)12-4-5-15(19-8-12)22-16(23)10-18-2/h4-9,18H,3,10H2,1-2H3,(H,20,21)(H,19,22,23). The Labute approximate surface area is 134 Å². The zero-order chi connectivity index (χ0) is 16.2. The molecule has 3 aromatic rings. The predicted octanol–water partition coefficient (Wildman–Crippen LogP) is 2.35. The highest BCUT2D eigenvalue weighted by Crippen LogP contribution is 2.25. The van der Waals surface area contributed by atoms with Gasteiger partial charge in [-0.1, -0.05) is 6.92 Å². The highest BCUT2D eigenvalue weighted by atomic mass is 16.1. The maximum Gasteiger partial charge on any atom is 0.239 e. The van der Waals surface area contributed by atoms with E-state index in [1.54, 1.807) is 19.3 Å². The monoisotopic (exact) mass is 309 g/mol. The molecule has 0 aliphatic rings. The van der Waals surface area contributed by atoms with Crippen molar-refractivity contribution >= 4 is 22.8 Å². The summed E-state index contributed by atoms with van der Waals surface area (Å²) in [7, 11) is 1.73. The van der Waals surface area contributed by atoms with Crippen LogP contribution in [0.4, 0.5) is 5.82 Å². The van der Waals surface area contributed by atoms with Crippen LogP contribution in [-0.2, 0) is 11.2 Å². The Morgan fingerprint density at radius 1 is 1.22 bits per heavy atom. The summed E-state index contributed by atoms with van der Waals surface area (Å²) in [5.41, 5.74) is 4.12. The van der Waals surface area contributed by atoms with Crippen LogP contribution in [0.5, 0.6) is 0 Å². The lowest BCUT2D eigenvalue weighted by molar-refractivity contribution is -0.115. The quantitative estimate of drug-likeness (QED) is 0.675. The summed E-state index contributed by atoms with van der Waals surface area (Å²) >= 11 is 0. The predicted molar refractivity (Wildman–Crippen MR) is 91.3 cm³/mol. The first-order chi connectivity index (χ1) is 11.2. The smallest absolute Gasteiger partial charge is 0.239 e. The van der Waals surface area contributed by atoms with E-state index < -0.39 is 0 Å². The van der Waals surface area contributed by atoms with E-state index in [2.05, 4.69) is 38.6 Å². The Hall–Kier alpha value is -2.73. The molecule has 3 aromatic heterocycles. The summed E-state index contributed by atoms with van der Waals surface area (Å²) < 4.78 is 0. The number of pyridine rings is 2. The number of hydrogen-bond donors (Lipinski definition) is 3. The van der Waals surface area contributed by atoms with Crippen molar-refractivity contribution in [3.05, 3.63) is 42.4 Å². The Morgan fingerprint density at radius 2 is 2.04 bits per heavy atom. The molecule has 6 heteroatoms. The molecule has 3 heterocycles. The van der Waals surface area contributed by atoms with Gasteiger partial charge in [-0.3, -0.25) is 4.79 Å². The van der Waals surface area contributed by atoms with E-state index in [9.17, 15) is 4.79 Å². The number of fused-ring (bicyclic) bond motifs is 1. The number of anilines is 1. The number of likely N-dealkylation sites (N-methyl/N-ethyl adjacent to an activating group) is 1. The van der Waals surface area contributed by atoms with Crippen molar-refractivity contribution in [1.29, 1.82) is 0 Å². The normalized spacial score (nSPS) is 10.9. The molecule has 0 spiro atoms. The van der Waals surface area contributed by atoms with E-state index in [1.807, 2.05) is 18.5 Å². The minimum atomic E-state index is -0.115. The first-order valence-corrected chi connectivity index (χ1v) is 7.58. The summed E-state index contributed by atoms with van der Waals surface area (Å²) in [4.78, 5) is 23.5. The van der Waals surface area contributed by atoms with Crippen molar-refractivity contribution in [3.8, 4) is 11.1 Å². The second-order valence-electron chi connectivity index (χ2n) is 5.30. The van der Waals surface area contributed by atoms with Crippen LogP contribution in [-0.4, -0.2) is 34.5 Å². The second kappa shape index (κ2) is 6.58. The number of rotatable bonds is 5. The van der Waals surface area contributed by atoms with Crippen molar-refractivity contribution in [2.45, 2.75) is 13.3 Å². The number of amides is 1. The Balaban J connectivity index is 1.85. The number of carbonyl (C=O) groups excluding carboxylic acids is 1. The number of aromatic nitrogens is 3. The molecule has 3 N–H and O–H groups in total. The Morgan fingerprint density at radius 3 is 2.74 bits per heavy atom. The summed E-state index contributed by atoms with van der Waals surface area (Å²) in [6.45, 7) is 2.39. The molecule has 0 aromatic carbocycles. The molecular formula is C17H19N5O. The average Bonchev–Trinajstić information content (AvgIpc) is 2.98. The lowest BCUT2D eigenvalue weighted by Crippen LogP contribution is -2.25.